The number of hydrogen-bond donors (Lipinski definition) is 3. The van der Waals surface area contributed by atoms with E-state index in [-0.39, 0.29) is 36.2 Å². The first-order valence-corrected chi connectivity index (χ1v) is 16.1. The molecule has 2 aromatic rings. The molecular formula is C32H45N5O5S. The van der Waals surface area contributed by atoms with E-state index < -0.39 is 23.5 Å². The fraction of sp³-hybridized carbons (Fsp3) is 0.594. The predicted octanol–water partition coefficient (Wildman–Crippen LogP) is 4.00. The summed E-state index contributed by atoms with van der Waals surface area (Å²) >= 11 is 1.60. The lowest BCUT2D eigenvalue weighted by Gasteiger charge is -2.36. The Bertz CT molecular complexity index is 1300. The molecule has 1 aromatic heterocycles. The number of nitrogens with one attached hydrogen (secondary N) is 2. The van der Waals surface area contributed by atoms with Gasteiger partial charge in [0.1, 0.15) is 12.1 Å². The number of piperidine rings is 1. The largest absolute Gasteiger partial charge is 0.480 e. The van der Waals surface area contributed by atoms with Crippen molar-refractivity contribution in [1.82, 2.24) is 25.4 Å². The van der Waals surface area contributed by atoms with Crippen molar-refractivity contribution in [3.8, 4) is 10.4 Å². The first-order chi connectivity index (χ1) is 20.3. The van der Waals surface area contributed by atoms with E-state index in [0.29, 0.717) is 32.5 Å². The molecule has 2 fully saturated rings. The van der Waals surface area contributed by atoms with E-state index in [1.807, 2.05) is 69.3 Å². The summed E-state index contributed by atoms with van der Waals surface area (Å²) in [6.45, 7) is 11.5. The molecule has 1 aromatic carbocycles. The lowest BCUT2D eigenvalue weighted by molar-refractivity contribution is -0.144. The molecule has 3 amide bonds. The normalized spacial score (nSPS) is 19.6. The maximum atomic E-state index is 13.9. The second kappa shape index (κ2) is 14.0. The number of amides is 3. The maximum absolute atomic E-state index is 13.9. The van der Waals surface area contributed by atoms with Crippen LogP contribution >= 0.6 is 11.3 Å². The van der Waals surface area contributed by atoms with Crippen molar-refractivity contribution in [2.75, 3.05) is 26.2 Å². The van der Waals surface area contributed by atoms with E-state index in [2.05, 4.69) is 15.6 Å². The third-order valence-electron chi connectivity index (χ3n) is 8.57. The molecule has 3 atom stereocenters. The summed E-state index contributed by atoms with van der Waals surface area (Å²) in [5, 5.41) is 15.1. The van der Waals surface area contributed by atoms with Gasteiger partial charge < -0.3 is 20.6 Å². The fourth-order valence-corrected chi connectivity index (χ4v) is 6.85. The summed E-state index contributed by atoms with van der Waals surface area (Å²) in [7, 11) is 0. The Morgan fingerprint density at radius 2 is 1.72 bits per heavy atom. The zero-order valence-electron chi connectivity index (χ0n) is 25.9. The van der Waals surface area contributed by atoms with E-state index in [1.54, 1.807) is 16.2 Å². The van der Waals surface area contributed by atoms with E-state index in [0.717, 1.165) is 41.0 Å². The highest BCUT2D eigenvalue weighted by molar-refractivity contribution is 7.13. The third-order valence-corrected chi connectivity index (χ3v) is 9.55. The number of carboxylic acid groups (broad SMARTS) is 1. The highest BCUT2D eigenvalue weighted by Gasteiger charge is 2.42. The first-order valence-electron chi connectivity index (χ1n) is 15.2. The van der Waals surface area contributed by atoms with Gasteiger partial charge in [-0.05, 0) is 75.1 Å². The van der Waals surface area contributed by atoms with E-state index >= 15 is 0 Å². The maximum Gasteiger partial charge on any atom is 0.317 e. The van der Waals surface area contributed by atoms with Gasteiger partial charge in [0.15, 0.2) is 0 Å². The molecule has 0 bridgehead atoms. The van der Waals surface area contributed by atoms with Crippen LogP contribution in [0.5, 0.6) is 0 Å². The molecule has 11 heteroatoms. The van der Waals surface area contributed by atoms with Crippen molar-refractivity contribution in [2.24, 2.45) is 11.3 Å². The average Bonchev–Trinajstić information content (AvgIpc) is 3.61. The summed E-state index contributed by atoms with van der Waals surface area (Å²) in [6.07, 6.45) is 3.09. The number of rotatable bonds is 10. The third kappa shape index (κ3) is 8.41. The molecule has 2 aliphatic rings. The minimum Gasteiger partial charge on any atom is -0.480 e. The van der Waals surface area contributed by atoms with Crippen LogP contribution in [0, 0.1) is 18.3 Å². The second-order valence-corrected chi connectivity index (χ2v) is 13.8. The molecule has 3 N–H and O–H groups in total. The number of carboxylic acids is 1. The van der Waals surface area contributed by atoms with Crippen LogP contribution in [-0.4, -0.2) is 81.8 Å². The van der Waals surface area contributed by atoms with Crippen molar-refractivity contribution >= 4 is 35.0 Å². The quantitative estimate of drug-likeness (QED) is 0.370. The summed E-state index contributed by atoms with van der Waals surface area (Å²) in [5.41, 5.74) is 4.35. The SMILES string of the molecule is Cc1ncsc1-c1ccc([C@H](C)NC(=O)[C@@H]2CCCN2C(=O)[C@@H](NC(=O)CC2CCN(CC(=O)O)CC2)C(C)(C)C)cc1. The highest BCUT2D eigenvalue weighted by Crippen LogP contribution is 2.30. The lowest BCUT2D eigenvalue weighted by Crippen LogP contribution is -2.58. The van der Waals surface area contributed by atoms with Gasteiger partial charge in [-0.1, -0.05) is 45.0 Å². The predicted molar refractivity (Wildman–Crippen MR) is 166 cm³/mol. The average molecular weight is 612 g/mol. The summed E-state index contributed by atoms with van der Waals surface area (Å²) in [6, 6.07) is 6.52. The molecule has 0 radical (unpaired) electrons. The Labute approximate surface area is 258 Å². The molecule has 0 saturated carbocycles. The van der Waals surface area contributed by atoms with Crippen LogP contribution < -0.4 is 10.6 Å². The minimum atomic E-state index is -0.845. The molecule has 2 aliphatic heterocycles. The van der Waals surface area contributed by atoms with Gasteiger partial charge in [0, 0.05) is 13.0 Å². The van der Waals surface area contributed by atoms with Crippen LogP contribution in [0.4, 0.5) is 0 Å². The molecule has 0 aliphatic carbocycles. The highest BCUT2D eigenvalue weighted by atomic mass is 32.1. The van der Waals surface area contributed by atoms with Crippen LogP contribution in [0.15, 0.2) is 29.8 Å². The number of carbonyl (C=O) groups is 4. The number of thiazole rings is 1. The van der Waals surface area contributed by atoms with Crippen molar-refractivity contribution < 1.29 is 24.3 Å². The number of aryl methyl sites for hydroxylation is 1. The number of nitrogens with zero attached hydrogens (tertiary/aromatic N) is 3. The van der Waals surface area contributed by atoms with Crippen LogP contribution in [0.1, 0.15) is 77.1 Å². The van der Waals surface area contributed by atoms with Gasteiger partial charge >= 0.3 is 5.97 Å². The smallest absolute Gasteiger partial charge is 0.317 e. The van der Waals surface area contributed by atoms with Gasteiger partial charge in [-0.25, -0.2) is 4.98 Å². The van der Waals surface area contributed by atoms with Crippen molar-refractivity contribution in [1.29, 1.82) is 0 Å². The number of aliphatic carboxylic acids is 1. The van der Waals surface area contributed by atoms with Crippen LogP contribution in [0.25, 0.3) is 10.4 Å². The monoisotopic (exact) mass is 611 g/mol. The molecule has 234 valence electrons. The number of aromatic nitrogens is 1. The standard InChI is InChI=1S/C32H45N5O5S/c1-20(23-8-10-24(11-9-23)28-21(2)33-19-43-28)34-30(41)25-7-6-14-37(25)31(42)29(32(3,4)5)35-26(38)17-22-12-15-36(16-13-22)18-27(39)40/h8-11,19-20,22,25,29H,6-7,12-18H2,1-5H3,(H,34,41)(H,35,38)(H,39,40)/t20-,25-,29+/m0/s1. The van der Waals surface area contributed by atoms with Gasteiger partial charge in [-0.15, -0.1) is 11.3 Å². The van der Waals surface area contributed by atoms with Gasteiger partial charge in [0.2, 0.25) is 17.7 Å². The number of likely N-dealkylation sites (tertiary alicyclic amines) is 2. The number of hydrogen-bond acceptors (Lipinski definition) is 7. The number of carbonyl (C=O) groups excluding carboxylic acids is 3. The summed E-state index contributed by atoms with van der Waals surface area (Å²) < 4.78 is 0. The van der Waals surface area contributed by atoms with E-state index in [1.165, 1.54) is 0 Å². The Balaban J connectivity index is 1.35. The van der Waals surface area contributed by atoms with Gasteiger partial charge in [-0.2, -0.15) is 0 Å². The molecule has 0 unspecified atom stereocenters. The topological polar surface area (TPSA) is 132 Å². The molecule has 2 saturated heterocycles. The Morgan fingerprint density at radius 1 is 1.05 bits per heavy atom. The zero-order valence-corrected chi connectivity index (χ0v) is 26.7. The number of benzene rings is 1. The Morgan fingerprint density at radius 3 is 2.30 bits per heavy atom. The second-order valence-electron chi connectivity index (χ2n) is 13.0. The van der Waals surface area contributed by atoms with E-state index in [9.17, 15) is 19.2 Å². The zero-order chi connectivity index (χ0) is 31.3. The van der Waals surface area contributed by atoms with Crippen molar-refractivity contribution in [2.45, 2.75) is 84.8 Å². The van der Waals surface area contributed by atoms with Gasteiger partial charge in [0.05, 0.1) is 28.7 Å². The molecule has 0 spiro atoms. The van der Waals surface area contributed by atoms with Crippen molar-refractivity contribution in [3.05, 3.63) is 41.0 Å². The Kier molecular flexibility index (Phi) is 10.6. The van der Waals surface area contributed by atoms with Gasteiger partial charge in [-0.3, -0.25) is 24.1 Å². The molecule has 10 nitrogen and oxygen atoms in total. The minimum absolute atomic E-state index is 0.0163. The van der Waals surface area contributed by atoms with Gasteiger partial charge in [0.25, 0.3) is 0 Å². The van der Waals surface area contributed by atoms with Crippen LogP contribution in [-0.2, 0) is 19.2 Å². The van der Waals surface area contributed by atoms with Crippen LogP contribution in [0.3, 0.4) is 0 Å². The summed E-state index contributed by atoms with van der Waals surface area (Å²) in [5.74, 6) is -1.30. The molecular weight excluding hydrogens is 566 g/mol. The molecule has 3 heterocycles. The van der Waals surface area contributed by atoms with E-state index in [4.69, 9.17) is 5.11 Å². The molecule has 43 heavy (non-hydrogen) atoms. The first kappa shape index (κ1) is 32.6. The van der Waals surface area contributed by atoms with Crippen LogP contribution in [0.2, 0.25) is 0 Å². The Hall–Kier alpha value is -3.31. The molecule has 4 rings (SSSR count). The summed E-state index contributed by atoms with van der Waals surface area (Å²) in [4.78, 5) is 60.4. The van der Waals surface area contributed by atoms with Crippen molar-refractivity contribution in [3.63, 3.8) is 0 Å². The lowest BCUT2D eigenvalue weighted by atomic mass is 9.85. The fourth-order valence-electron chi connectivity index (χ4n) is 6.03.